The summed E-state index contributed by atoms with van der Waals surface area (Å²) in [6.07, 6.45) is 1.40. The van der Waals surface area contributed by atoms with E-state index < -0.39 is 0 Å². The summed E-state index contributed by atoms with van der Waals surface area (Å²) in [5.41, 5.74) is 2.26. The van der Waals surface area contributed by atoms with Gasteiger partial charge in [0.15, 0.2) is 0 Å². The molecule has 0 aromatic heterocycles. The fourth-order valence-electron chi connectivity index (χ4n) is 4.73. The predicted octanol–water partition coefficient (Wildman–Crippen LogP) is 2.88. The third kappa shape index (κ3) is 3.34. The highest BCUT2D eigenvalue weighted by atomic mass is 16.3. The van der Waals surface area contributed by atoms with Crippen LogP contribution in [0.4, 0.5) is 0 Å². The third-order valence-electron chi connectivity index (χ3n) is 6.03. The first-order chi connectivity index (χ1) is 12.6. The molecule has 1 amide bonds. The Hall–Kier alpha value is -2.33. The molecule has 0 radical (unpaired) electrons. The number of carbonyl (C=O) groups excluding carboxylic acids is 1. The Bertz CT molecular complexity index is 777. The van der Waals surface area contributed by atoms with Crippen molar-refractivity contribution in [1.29, 1.82) is 0 Å². The van der Waals surface area contributed by atoms with Crippen LogP contribution in [-0.4, -0.2) is 53.5 Å². The second kappa shape index (κ2) is 7.12. The number of carbonyl (C=O) groups is 1. The summed E-state index contributed by atoms with van der Waals surface area (Å²) < 4.78 is 0. The van der Waals surface area contributed by atoms with E-state index in [2.05, 4.69) is 42.3 Å². The fraction of sp³-hybridized carbons (Fsp3) is 0.409. The SMILES string of the molecule is CN1C[C@H](c2ccccc2)[C@H]2CN(C(=O)Cc3cccc(O)c3)CC[C@H]21. The van der Waals surface area contributed by atoms with Crippen LogP contribution in [0.5, 0.6) is 5.75 Å². The predicted molar refractivity (Wildman–Crippen MR) is 102 cm³/mol. The highest BCUT2D eigenvalue weighted by molar-refractivity contribution is 5.79. The molecule has 2 aromatic carbocycles. The van der Waals surface area contributed by atoms with Crippen LogP contribution in [0.3, 0.4) is 0 Å². The Balaban J connectivity index is 1.48. The molecule has 26 heavy (non-hydrogen) atoms. The Kier molecular flexibility index (Phi) is 4.68. The minimum atomic E-state index is 0.162. The lowest BCUT2D eigenvalue weighted by molar-refractivity contribution is -0.132. The van der Waals surface area contributed by atoms with E-state index in [1.165, 1.54) is 5.56 Å². The number of rotatable bonds is 3. The molecule has 2 aromatic rings. The minimum Gasteiger partial charge on any atom is -0.508 e. The molecule has 4 heteroatoms. The number of hydrogen-bond acceptors (Lipinski definition) is 3. The highest BCUT2D eigenvalue weighted by Crippen LogP contribution is 2.40. The molecular weight excluding hydrogens is 324 g/mol. The number of phenols is 1. The Morgan fingerprint density at radius 3 is 2.69 bits per heavy atom. The number of phenolic OH excluding ortho intramolecular Hbond substituents is 1. The minimum absolute atomic E-state index is 0.162. The van der Waals surface area contributed by atoms with Crippen molar-refractivity contribution in [2.24, 2.45) is 5.92 Å². The standard InChI is InChI=1S/C22H26N2O2/c1-23-14-19(17-7-3-2-4-8-17)20-15-24(11-10-21(20)23)22(26)13-16-6-5-9-18(25)12-16/h2-9,12,19-21,25H,10-11,13-15H2,1H3/t19-,20-,21-/m1/s1. The van der Waals surface area contributed by atoms with Crippen LogP contribution in [0.2, 0.25) is 0 Å². The normalized spacial score (nSPS) is 25.9. The van der Waals surface area contributed by atoms with E-state index in [-0.39, 0.29) is 11.7 Å². The van der Waals surface area contributed by atoms with Crippen LogP contribution in [0.1, 0.15) is 23.5 Å². The van der Waals surface area contributed by atoms with Gasteiger partial charge in [-0.2, -0.15) is 0 Å². The van der Waals surface area contributed by atoms with Gasteiger partial charge in [0.1, 0.15) is 5.75 Å². The number of hydrogen-bond donors (Lipinski definition) is 1. The zero-order valence-electron chi connectivity index (χ0n) is 15.2. The first-order valence-corrected chi connectivity index (χ1v) is 9.42. The first-order valence-electron chi connectivity index (χ1n) is 9.42. The number of amides is 1. The van der Waals surface area contributed by atoms with Gasteiger partial charge in [0, 0.05) is 37.5 Å². The number of likely N-dealkylation sites (tertiary alicyclic amines) is 2. The Morgan fingerprint density at radius 2 is 1.92 bits per heavy atom. The van der Waals surface area contributed by atoms with E-state index in [1.807, 2.05) is 11.0 Å². The number of nitrogens with zero attached hydrogens (tertiary/aromatic N) is 2. The van der Waals surface area contributed by atoms with E-state index >= 15 is 0 Å². The van der Waals surface area contributed by atoms with Gasteiger partial charge in [-0.05, 0) is 36.7 Å². The van der Waals surface area contributed by atoms with Crippen molar-refractivity contribution in [1.82, 2.24) is 9.80 Å². The number of likely N-dealkylation sites (N-methyl/N-ethyl adjacent to an activating group) is 1. The van der Waals surface area contributed by atoms with Gasteiger partial charge < -0.3 is 14.9 Å². The van der Waals surface area contributed by atoms with Gasteiger partial charge >= 0.3 is 0 Å². The molecule has 4 rings (SSSR count). The van der Waals surface area contributed by atoms with Gasteiger partial charge in [0.25, 0.3) is 0 Å². The lowest BCUT2D eigenvalue weighted by atomic mass is 9.81. The van der Waals surface area contributed by atoms with Gasteiger partial charge in [-0.25, -0.2) is 0 Å². The van der Waals surface area contributed by atoms with Gasteiger partial charge in [0.05, 0.1) is 6.42 Å². The molecule has 2 fully saturated rings. The van der Waals surface area contributed by atoms with Crippen LogP contribution in [0.25, 0.3) is 0 Å². The van der Waals surface area contributed by atoms with Gasteiger partial charge in [0.2, 0.25) is 5.91 Å². The zero-order chi connectivity index (χ0) is 18.1. The van der Waals surface area contributed by atoms with Crippen LogP contribution >= 0.6 is 0 Å². The first kappa shape index (κ1) is 17.1. The quantitative estimate of drug-likeness (QED) is 0.926. The second-order valence-electron chi connectivity index (χ2n) is 7.66. The maximum absolute atomic E-state index is 12.8. The molecule has 136 valence electrons. The molecule has 0 saturated carbocycles. The smallest absolute Gasteiger partial charge is 0.227 e. The molecule has 3 atom stereocenters. The molecule has 4 nitrogen and oxygen atoms in total. The zero-order valence-corrected chi connectivity index (χ0v) is 15.2. The number of aromatic hydroxyl groups is 1. The second-order valence-corrected chi connectivity index (χ2v) is 7.66. The van der Waals surface area contributed by atoms with Crippen LogP contribution in [0.15, 0.2) is 54.6 Å². The summed E-state index contributed by atoms with van der Waals surface area (Å²) in [5, 5.41) is 9.62. The van der Waals surface area contributed by atoms with Gasteiger partial charge in [-0.3, -0.25) is 4.79 Å². The highest BCUT2D eigenvalue weighted by Gasteiger charge is 2.44. The third-order valence-corrected chi connectivity index (χ3v) is 6.03. The molecule has 2 aliphatic rings. The van der Waals surface area contributed by atoms with E-state index in [4.69, 9.17) is 0 Å². The molecule has 0 unspecified atom stereocenters. The van der Waals surface area contributed by atoms with Crippen molar-refractivity contribution in [3.63, 3.8) is 0 Å². The summed E-state index contributed by atoms with van der Waals surface area (Å²) in [4.78, 5) is 17.3. The molecule has 1 N–H and O–H groups in total. The van der Waals surface area contributed by atoms with E-state index in [0.717, 1.165) is 31.6 Å². The van der Waals surface area contributed by atoms with E-state index in [1.54, 1.807) is 18.2 Å². The molecule has 2 heterocycles. The van der Waals surface area contributed by atoms with Crippen molar-refractivity contribution < 1.29 is 9.90 Å². The Labute approximate surface area is 155 Å². The summed E-state index contributed by atoms with van der Waals surface area (Å²) in [6.45, 7) is 2.71. The van der Waals surface area contributed by atoms with E-state index in [0.29, 0.717) is 24.3 Å². The fourth-order valence-corrected chi connectivity index (χ4v) is 4.73. The van der Waals surface area contributed by atoms with Crippen LogP contribution < -0.4 is 0 Å². The van der Waals surface area contributed by atoms with Crippen molar-refractivity contribution in [2.75, 3.05) is 26.7 Å². The summed E-state index contributed by atoms with van der Waals surface area (Å²) in [5.74, 6) is 1.36. The summed E-state index contributed by atoms with van der Waals surface area (Å²) in [6, 6.07) is 18.3. The number of benzene rings is 2. The van der Waals surface area contributed by atoms with Crippen molar-refractivity contribution in [3.05, 3.63) is 65.7 Å². The van der Waals surface area contributed by atoms with Crippen LogP contribution in [-0.2, 0) is 11.2 Å². The molecule has 2 aliphatic heterocycles. The van der Waals surface area contributed by atoms with Gasteiger partial charge in [-0.1, -0.05) is 42.5 Å². The largest absolute Gasteiger partial charge is 0.508 e. The maximum Gasteiger partial charge on any atom is 0.227 e. The lowest BCUT2D eigenvalue weighted by Crippen LogP contribution is -2.48. The number of piperidine rings is 1. The summed E-state index contributed by atoms with van der Waals surface area (Å²) >= 11 is 0. The number of fused-ring (bicyclic) bond motifs is 1. The van der Waals surface area contributed by atoms with E-state index in [9.17, 15) is 9.90 Å². The topological polar surface area (TPSA) is 43.8 Å². The van der Waals surface area contributed by atoms with Crippen molar-refractivity contribution in [3.8, 4) is 5.75 Å². The molecule has 2 saturated heterocycles. The average Bonchev–Trinajstić information content (AvgIpc) is 2.99. The molecule has 0 spiro atoms. The lowest BCUT2D eigenvalue weighted by Gasteiger charge is -2.38. The monoisotopic (exact) mass is 350 g/mol. The van der Waals surface area contributed by atoms with Gasteiger partial charge in [-0.15, -0.1) is 0 Å². The van der Waals surface area contributed by atoms with Crippen molar-refractivity contribution in [2.45, 2.75) is 24.8 Å². The molecular formula is C22H26N2O2. The average molecular weight is 350 g/mol. The van der Waals surface area contributed by atoms with Crippen LogP contribution in [0, 0.1) is 5.92 Å². The molecule has 0 bridgehead atoms. The van der Waals surface area contributed by atoms with Crippen molar-refractivity contribution >= 4 is 5.91 Å². The molecule has 0 aliphatic carbocycles. The maximum atomic E-state index is 12.8. The summed E-state index contributed by atoms with van der Waals surface area (Å²) in [7, 11) is 2.21. The Morgan fingerprint density at radius 1 is 1.12 bits per heavy atom.